The molecule has 9 heteroatoms. The average Bonchev–Trinajstić information content (AvgIpc) is 3.26. The predicted molar refractivity (Wildman–Crippen MR) is 95.4 cm³/mol. The Balaban J connectivity index is 1.71. The van der Waals surface area contributed by atoms with Gasteiger partial charge in [0, 0.05) is 30.1 Å². The number of aromatic nitrogens is 3. The smallest absolute Gasteiger partial charge is 0.217 e. The van der Waals surface area contributed by atoms with Gasteiger partial charge in [-0.3, -0.25) is 4.79 Å². The van der Waals surface area contributed by atoms with Gasteiger partial charge >= 0.3 is 0 Å². The number of hydrogen-bond donors (Lipinski definition) is 1. The molecule has 0 aromatic carbocycles. The van der Waals surface area contributed by atoms with E-state index in [2.05, 4.69) is 14.8 Å². The average molecular weight is 387 g/mol. The number of carbonyl (C=O) groups is 1. The number of nitrogens with two attached hydrogens (primary N) is 1. The summed E-state index contributed by atoms with van der Waals surface area (Å²) in [6.07, 6.45) is 3.08. The van der Waals surface area contributed by atoms with Gasteiger partial charge in [0.05, 0.1) is 17.0 Å². The molecule has 0 saturated carbocycles. The number of halogens is 1. The molecule has 6 nitrogen and oxygen atoms in total. The van der Waals surface area contributed by atoms with Crippen molar-refractivity contribution in [2.45, 2.75) is 49.2 Å². The molecule has 0 radical (unpaired) electrons. The summed E-state index contributed by atoms with van der Waals surface area (Å²) >= 11 is 9.17. The molecule has 1 amide bonds. The lowest BCUT2D eigenvalue weighted by molar-refractivity contribution is -0.118. The van der Waals surface area contributed by atoms with E-state index in [1.54, 1.807) is 23.1 Å². The van der Waals surface area contributed by atoms with Crippen LogP contribution in [0.4, 0.5) is 0 Å². The number of ether oxygens (including phenoxy) is 1. The maximum atomic E-state index is 11.1. The number of carbonyl (C=O) groups excluding carboxylic acids is 1. The van der Waals surface area contributed by atoms with Crippen molar-refractivity contribution in [3.8, 4) is 0 Å². The first-order valence-corrected chi connectivity index (χ1v) is 9.99. The van der Waals surface area contributed by atoms with Crippen molar-refractivity contribution in [1.29, 1.82) is 0 Å². The second-order valence-electron chi connectivity index (χ2n) is 5.61. The van der Waals surface area contributed by atoms with Crippen LogP contribution in [0, 0.1) is 0 Å². The van der Waals surface area contributed by atoms with Crippen LogP contribution in [0.15, 0.2) is 17.3 Å². The van der Waals surface area contributed by atoms with Crippen LogP contribution in [-0.4, -0.2) is 33.4 Å². The minimum atomic E-state index is -0.330. The standard InChI is InChI=1S/C15H19ClN4O2S2/c16-12-4-3-11(24-12)9-23-15-19-18-14(6-5-13(17)21)20(15)8-10-2-1-7-22-10/h3-4,10H,1-2,5-9H2,(H2,17,21). The topological polar surface area (TPSA) is 83.0 Å². The summed E-state index contributed by atoms with van der Waals surface area (Å²) in [4.78, 5) is 12.3. The summed E-state index contributed by atoms with van der Waals surface area (Å²) < 4.78 is 8.59. The summed E-state index contributed by atoms with van der Waals surface area (Å²) in [7, 11) is 0. The van der Waals surface area contributed by atoms with Crippen LogP contribution in [-0.2, 0) is 28.2 Å². The van der Waals surface area contributed by atoms with E-state index in [0.29, 0.717) is 13.0 Å². The summed E-state index contributed by atoms with van der Waals surface area (Å²) in [5.74, 6) is 1.25. The Morgan fingerprint density at radius 2 is 2.38 bits per heavy atom. The number of hydrogen-bond acceptors (Lipinski definition) is 6. The molecule has 2 aromatic heterocycles. The fourth-order valence-corrected chi connectivity index (χ4v) is 4.68. The quantitative estimate of drug-likeness (QED) is 0.705. The first kappa shape index (κ1) is 17.7. The maximum Gasteiger partial charge on any atom is 0.217 e. The molecule has 1 atom stereocenters. The zero-order valence-corrected chi connectivity index (χ0v) is 15.5. The highest BCUT2D eigenvalue weighted by molar-refractivity contribution is 7.98. The number of primary amides is 1. The fourth-order valence-electron chi connectivity index (χ4n) is 2.59. The second-order valence-corrected chi connectivity index (χ2v) is 8.35. The van der Waals surface area contributed by atoms with E-state index < -0.39 is 0 Å². The van der Waals surface area contributed by atoms with Crippen molar-refractivity contribution in [3.05, 3.63) is 27.2 Å². The van der Waals surface area contributed by atoms with Crippen LogP contribution in [0.5, 0.6) is 0 Å². The lowest BCUT2D eigenvalue weighted by Gasteiger charge is -2.14. The highest BCUT2D eigenvalue weighted by atomic mass is 35.5. The Bertz CT molecular complexity index is 697. The van der Waals surface area contributed by atoms with E-state index in [1.165, 1.54) is 4.88 Å². The van der Waals surface area contributed by atoms with Crippen molar-refractivity contribution in [1.82, 2.24) is 14.8 Å². The summed E-state index contributed by atoms with van der Waals surface area (Å²) in [6.45, 7) is 1.52. The monoisotopic (exact) mass is 386 g/mol. The van der Waals surface area contributed by atoms with Crippen LogP contribution in [0.1, 0.15) is 30.0 Å². The van der Waals surface area contributed by atoms with Crippen molar-refractivity contribution < 1.29 is 9.53 Å². The van der Waals surface area contributed by atoms with E-state index in [9.17, 15) is 4.79 Å². The van der Waals surface area contributed by atoms with Crippen LogP contribution in [0.2, 0.25) is 4.34 Å². The molecule has 0 aliphatic carbocycles. The van der Waals surface area contributed by atoms with E-state index in [4.69, 9.17) is 22.1 Å². The Morgan fingerprint density at radius 1 is 1.50 bits per heavy atom. The lowest BCUT2D eigenvalue weighted by atomic mass is 10.2. The minimum absolute atomic E-state index is 0.184. The molecular weight excluding hydrogens is 368 g/mol. The molecule has 3 heterocycles. The van der Waals surface area contributed by atoms with E-state index in [-0.39, 0.29) is 18.4 Å². The molecule has 130 valence electrons. The molecule has 1 saturated heterocycles. The van der Waals surface area contributed by atoms with Crippen molar-refractivity contribution >= 4 is 40.6 Å². The molecule has 2 aromatic rings. The highest BCUT2D eigenvalue weighted by Crippen LogP contribution is 2.29. The number of thioether (sulfide) groups is 1. The lowest BCUT2D eigenvalue weighted by Crippen LogP contribution is -2.19. The molecule has 0 spiro atoms. The van der Waals surface area contributed by atoms with Gasteiger partial charge in [0.1, 0.15) is 5.82 Å². The zero-order valence-electron chi connectivity index (χ0n) is 13.1. The number of nitrogens with zero attached hydrogens (tertiary/aromatic N) is 3. The molecule has 1 fully saturated rings. The summed E-state index contributed by atoms with van der Waals surface area (Å²) in [6, 6.07) is 3.92. The second kappa shape index (κ2) is 8.33. The molecule has 3 rings (SSSR count). The third-order valence-corrected chi connectivity index (χ3v) is 6.20. The molecular formula is C15H19ClN4O2S2. The Labute approximate surface area is 153 Å². The summed E-state index contributed by atoms with van der Waals surface area (Å²) in [5, 5.41) is 9.39. The van der Waals surface area contributed by atoms with Crippen LogP contribution in [0.25, 0.3) is 0 Å². The normalized spacial score (nSPS) is 17.5. The first-order valence-electron chi connectivity index (χ1n) is 7.81. The van der Waals surface area contributed by atoms with Gasteiger partial charge in [-0.25, -0.2) is 0 Å². The van der Waals surface area contributed by atoms with Crippen LogP contribution in [0.3, 0.4) is 0 Å². The highest BCUT2D eigenvalue weighted by Gasteiger charge is 2.21. The maximum absolute atomic E-state index is 11.1. The van der Waals surface area contributed by atoms with Gasteiger partial charge in [0.25, 0.3) is 0 Å². The van der Waals surface area contributed by atoms with E-state index >= 15 is 0 Å². The van der Waals surface area contributed by atoms with Crippen molar-refractivity contribution in [2.24, 2.45) is 5.73 Å². The molecule has 24 heavy (non-hydrogen) atoms. The predicted octanol–water partition coefficient (Wildman–Crippen LogP) is 2.88. The third kappa shape index (κ3) is 4.72. The SMILES string of the molecule is NC(=O)CCc1nnc(SCc2ccc(Cl)s2)n1CC1CCCO1. The van der Waals surface area contributed by atoms with Gasteiger partial charge in [0.2, 0.25) is 5.91 Å². The van der Waals surface area contributed by atoms with Crippen LogP contribution < -0.4 is 5.73 Å². The van der Waals surface area contributed by atoms with E-state index in [0.717, 1.165) is 40.5 Å². The number of amides is 1. The van der Waals surface area contributed by atoms with Gasteiger partial charge in [-0.05, 0) is 25.0 Å². The molecule has 1 aliphatic rings. The van der Waals surface area contributed by atoms with Gasteiger partial charge < -0.3 is 15.0 Å². The molecule has 2 N–H and O–H groups in total. The van der Waals surface area contributed by atoms with Crippen molar-refractivity contribution in [2.75, 3.05) is 6.61 Å². The van der Waals surface area contributed by atoms with Gasteiger partial charge in [0.15, 0.2) is 5.16 Å². The Hall–Kier alpha value is -1.09. The fraction of sp³-hybridized carbons (Fsp3) is 0.533. The van der Waals surface area contributed by atoms with Crippen LogP contribution >= 0.6 is 34.7 Å². The first-order chi connectivity index (χ1) is 11.6. The molecule has 1 unspecified atom stereocenters. The number of thiophene rings is 1. The van der Waals surface area contributed by atoms with Gasteiger partial charge in [-0.1, -0.05) is 23.4 Å². The van der Waals surface area contributed by atoms with Crippen molar-refractivity contribution in [3.63, 3.8) is 0 Å². The molecule has 1 aliphatic heterocycles. The minimum Gasteiger partial charge on any atom is -0.376 e. The van der Waals surface area contributed by atoms with Gasteiger partial charge in [-0.2, -0.15) is 0 Å². The number of aryl methyl sites for hydroxylation is 1. The van der Waals surface area contributed by atoms with Gasteiger partial charge in [-0.15, -0.1) is 21.5 Å². The Morgan fingerprint density at radius 3 is 3.04 bits per heavy atom. The summed E-state index contributed by atoms with van der Waals surface area (Å²) in [5.41, 5.74) is 5.26. The number of rotatable bonds is 8. The Kier molecular flexibility index (Phi) is 6.15. The van der Waals surface area contributed by atoms with E-state index in [1.807, 2.05) is 12.1 Å². The zero-order chi connectivity index (χ0) is 16.9. The largest absolute Gasteiger partial charge is 0.376 e. The third-order valence-electron chi connectivity index (χ3n) is 3.77. The molecule has 0 bridgehead atoms.